The lowest BCUT2D eigenvalue weighted by Gasteiger charge is -1.98. The first-order chi connectivity index (χ1) is 11.8. The van der Waals surface area contributed by atoms with E-state index in [4.69, 9.17) is 4.63 Å². The minimum Gasteiger partial charge on any atom is -0.335 e. The molecule has 7 nitrogen and oxygen atoms in total. The zero-order valence-corrected chi connectivity index (χ0v) is 12.8. The molecular weight excluding hydrogens is 304 g/mol. The molecule has 0 atom stereocenters. The van der Waals surface area contributed by atoms with Crippen molar-refractivity contribution in [1.29, 1.82) is 0 Å². The number of hydrogen-bond donors (Lipinski definition) is 1. The number of nitrogens with one attached hydrogen (secondary N) is 1. The van der Waals surface area contributed by atoms with Crippen LogP contribution in [0.25, 0.3) is 44.8 Å². The maximum atomic E-state index is 4.75. The van der Waals surface area contributed by atoms with E-state index in [1.54, 1.807) is 4.68 Å². The third kappa shape index (κ3) is 1.84. The van der Waals surface area contributed by atoms with Gasteiger partial charge in [0, 0.05) is 18.2 Å². The van der Waals surface area contributed by atoms with Crippen molar-refractivity contribution in [1.82, 2.24) is 30.1 Å². The van der Waals surface area contributed by atoms with Crippen LogP contribution in [0.2, 0.25) is 0 Å². The molecule has 0 saturated carbocycles. The van der Waals surface area contributed by atoms with Crippen molar-refractivity contribution >= 4 is 22.2 Å². The highest BCUT2D eigenvalue weighted by atomic mass is 16.6. The molecule has 1 N–H and O–H groups in total. The average molecular weight is 316 g/mol. The second-order valence-corrected chi connectivity index (χ2v) is 5.59. The smallest absolute Gasteiger partial charge is 0.177 e. The Hall–Kier alpha value is -3.48. The zero-order valence-electron chi connectivity index (χ0n) is 12.8. The van der Waals surface area contributed by atoms with E-state index in [0.717, 1.165) is 39.3 Å². The van der Waals surface area contributed by atoms with Crippen LogP contribution in [0.1, 0.15) is 0 Å². The second-order valence-electron chi connectivity index (χ2n) is 5.59. The monoisotopic (exact) mass is 316 g/mol. The van der Waals surface area contributed by atoms with Crippen LogP contribution in [0.15, 0.2) is 53.2 Å². The van der Waals surface area contributed by atoms with Gasteiger partial charge in [-0.15, -0.1) is 0 Å². The van der Waals surface area contributed by atoms with Gasteiger partial charge in [-0.1, -0.05) is 30.3 Å². The van der Waals surface area contributed by atoms with Crippen LogP contribution < -0.4 is 0 Å². The molecule has 0 unspecified atom stereocenters. The fourth-order valence-electron chi connectivity index (χ4n) is 2.87. The van der Waals surface area contributed by atoms with Crippen molar-refractivity contribution in [2.45, 2.75) is 0 Å². The lowest BCUT2D eigenvalue weighted by Crippen LogP contribution is -1.92. The number of aromatic nitrogens is 6. The maximum absolute atomic E-state index is 4.75. The molecule has 3 heterocycles. The van der Waals surface area contributed by atoms with Gasteiger partial charge < -0.3 is 4.98 Å². The number of aryl methyl sites for hydroxylation is 1. The Kier molecular flexibility index (Phi) is 2.58. The van der Waals surface area contributed by atoms with Gasteiger partial charge in [0.2, 0.25) is 0 Å². The van der Waals surface area contributed by atoms with Crippen LogP contribution in [0, 0.1) is 0 Å². The molecule has 0 fully saturated rings. The lowest BCUT2D eigenvalue weighted by molar-refractivity contribution is 0.315. The molecular formula is C17H12N6O. The standard InChI is InChI=1S/C17H12N6O/c1-23-17-15(14(20-23)10-5-3-2-4-6-10)18-16(19-17)11-7-8-12-13(9-11)22-24-21-12/h2-9H,1H3,(H,18,19). The molecule has 116 valence electrons. The molecule has 5 aromatic rings. The Morgan fingerprint density at radius 3 is 2.67 bits per heavy atom. The van der Waals surface area contributed by atoms with Gasteiger partial charge in [0.25, 0.3) is 0 Å². The van der Waals surface area contributed by atoms with Crippen LogP contribution in [0.5, 0.6) is 0 Å². The molecule has 3 aromatic heterocycles. The quantitative estimate of drug-likeness (QED) is 0.540. The van der Waals surface area contributed by atoms with E-state index in [1.807, 2.05) is 55.6 Å². The van der Waals surface area contributed by atoms with Gasteiger partial charge in [-0.05, 0) is 28.5 Å². The normalized spacial score (nSPS) is 11.5. The van der Waals surface area contributed by atoms with Crippen molar-refractivity contribution in [3.05, 3.63) is 48.5 Å². The third-order valence-corrected chi connectivity index (χ3v) is 4.05. The number of hydrogen-bond acceptors (Lipinski definition) is 5. The van der Waals surface area contributed by atoms with Crippen molar-refractivity contribution < 1.29 is 4.63 Å². The van der Waals surface area contributed by atoms with Gasteiger partial charge in [0.1, 0.15) is 28.1 Å². The largest absolute Gasteiger partial charge is 0.335 e. The van der Waals surface area contributed by atoms with Crippen LogP contribution in [0.3, 0.4) is 0 Å². The van der Waals surface area contributed by atoms with Crippen molar-refractivity contribution in [2.24, 2.45) is 7.05 Å². The van der Waals surface area contributed by atoms with E-state index in [1.165, 1.54) is 0 Å². The highest BCUT2D eigenvalue weighted by Crippen LogP contribution is 2.29. The maximum Gasteiger partial charge on any atom is 0.177 e. The summed E-state index contributed by atoms with van der Waals surface area (Å²) >= 11 is 0. The average Bonchev–Trinajstić information content (AvgIpc) is 3.31. The Morgan fingerprint density at radius 2 is 1.79 bits per heavy atom. The summed E-state index contributed by atoms with van der Waals surface area (Å²) in [4.78, 5) is 8.07. The van der Waals surface area contributed by atoms with E-state index in [9.17, 15) is 0 Å². The third-order valence-electron chi connectivity index (χ3n) is 4.05. The van der Waals surface area contributed by atoms with Crippen LogP contribution >= 0.6 is 0 Å². The van der Waals surface area contributed by atoms with Gasteiger partial charge in [-0.2, -0.15) is 5.10 Å². The number of nitrogens with zero attached hydrogens (tertiary/aromatic N) is 5. The first-order valence-electron chi connectivity index (χ1n) is 7.50. The first-order valence-corrected chi connectivity index (χ1v) is 7.50. The van der Waals surface area contributed by atoms with Crippen LogP contribution in [-0.4, -0.2) is 30.1 Å². The van der Waals surface area contributed by atoms with Crippen molar-refractivity contribution in [2.75, 3.05) is 0 Å². The topological polar surface area (TPSA) is 85.4 Å². The molecule has 7 heteroatoms. The number of imidazole rings is 1. The zero-order chi connectivity index (χ0) is 16.1. The van der Waals surface area contributed by atoms with E-state index >= 15 is 0 Å². The number of rotatable bonds is 2. The SMILES string of the molecule is Cn1nc(-c2ccccc2)c2[nH]c(-c3ccc4nonc4c3)nc21. The molecule has 5 rings (SSSR count). The molecule has 2 aromatic carbocycles. The molecule has 24 heavy (non-hydrogen) atoms. The number of fused-ring (bicyclic) bond motifs is 2. The summed E-state index contributed by atoms with van der Waals surface area (Å²) in [6, 6.07) is 15.8. The number of benzene rings is 2. The van der Waals surface area contributed by atoms with Gasteiger partial charge in [-0.3, -0.25) is 0 Å². The number of aromatic amines is 1. The summed E-state index contributed by atoms with van der Waals surface area (Å²) in [5.41, 5.74) is 6.01. The summed E-state index contributed by atoms with van der Waals surface area (Å²) in [6.45, 7) is 0. The van der Waals surface area contributed by atoms with E-state index < -0.39 is 0 Å². The Morgan fingerprint density at radius 1 is 0.958 bits per heavy atom. The fraction of sp³-hybridized carbons (Fsp3) is 0.0588. The van der Waals surface area contributed by atoms with E-state index in [0.29, 0.717) is 5.52 Å². The van der Waals surface area contributed by atoms with Crippen LogP contribution in [-0.2, 0) is 7.05 Å². The fourth-order valence-corrected chi connectivity index (χ4v) is 2.87. The van der Waals surface area contributed by atoms with Gasteiger partial charge in [-0.25, -0.2) is 14.3 Å². The van der Waals surface area contributed by atoms with Crippen molar-refractivity contribution in [3.8, 4) is 22.6 Å². The lowest BCUT2D eigenvalue weighted by atomic mass is 10.1. The van der Waals surface area contributed by atoms with Crippen LogP contribution in [0.4, 0.5) is 0 Å². The molecule has 0 spiro atoms. The summed E-state index contributed by atoms with van der Waals surface area (Å²) < 4.78 is 6.54. The predicted molar refractivity (Wildman–Crippen MR) is 89.1 cm³/mol. The van der Waals surface area contributed by atoms with E-state index in [-0.39, 0.29) is 0 Å². The minimum absolute atomic E-state index is 0.703. The first kappa shape index (κ1) is 13.0. The molecule has 0 bridgehead atoms. The highest BCUT2D eigenvalue weighted by Gasteiger charge is 2.16. The summed E-state index contributed by atoms with van der Waals surface area (Å²) in [5.74, 6) is 0.764. The van der Waals surface area contributed by atoms with E-state index in [2.05, 4.69) is 25.4 Å². The summed E-state index contributed by atoms with van der Waals surface area (Å²) in [5, 5.41) is 12.3. The Balaban J connectivity index is 1.71. The predicted octanol–water partition coefficient (Wildman–Crippen LogP) is 3.17. The van der Waals surface area contributed by atoms with Gasteiger partial charge in [0.05, 0.1) is 0 Å². The molecule has 0 saturated heterocycles. The minimum atomic E-state index is 0.703. The molecule has 0 aliphatic heterocycles. The Labute approximate surface area is 135 Å². The van der Waals surface area contributed by atoms with Crippen molar-refractivity contribution in [3.63, 3.8) is 0 Å². The molecule has 0 aliphatic rings. The number of H-pyrrole nitrogens is 1. The summed E-state index contributed by atoms with van der Waals surface area (Å²) in [7, 11) is 1.89. The molecule has 0 amide bonds. The van der Waals surface area contributed by atoms with Gasteiger partial charge >= 0.3 is 0 Å². The summed E-state index contributed by atoms with van der Waals surface area (Å²) in [6.07, 6.45) is 0. The highest BCUT2D eigenvalue weighted by molar-refractivity contribution is 5.91. The Bertz CT molecular complexity index is 1170. The second kappa shape index (κ2) is 4.76. The van der Waals surface area contributed by atoms with Gasteiger partial charge in [0.15, 0.2) is 5.65 Å². The molecule has 0 radical (unpaired) electrons. The molecule has 0 aliphatic carbocycles.